The Kier molecular flexibility index (Phi) is 8.48. The monoisotopic (exact) mass is 569 g/mol. The van der Waals surface area contributed by atoms with Crippen LogP contribution in [0.4, 0.5) is 8.78 Å². The number of thioether (sulfide) groups is 1. The molecule has 0 radical (unpaired) electrons. The van der Waals surface area contributed by atoms with Gasteiger partial charge in [-0.1, -0.05) is 12.1 Å². The van der Waals surface area contributed by atoms with Crippen molar-refractivity contribution in [3.63, 3.8) is 0 Å². The number of nitrogens with zero attached hydrogens (tertiary/aromatic N) is 3. The largest absolute Gasteiger partial charge is 0.493 e. The lowest BCUT2D eigenvalue weighted by molar-refractivity contribution is -0.276. The van der Waals surface area contributed by atoms with Crippen LogP contribution in [0.15, 0.2) is 54.7 Å². The van der Waals surface area contributed by atoms with E-state index < -0.39 is 23.1 Å². The number of benzene rings is 3. The van der Waals surface area contributed by atoms with Crippen molar-refractivity contribution in [2.45, 2.75) is 5.91 Å². The number of methoxy groups -OCH3 is 2. The molecule has 3 aromatic carbocycles. The lowest BCUT2D eigenvalue weighted by Gasteiger charge is -2.37. The van der Waals surface area contributed by atoms with Gasteiger partial charge in [-0.15, -0.1) is 0 Å². The zero-order chi connectivity index (χ0) is 28.3. The predicted octanol–water partition coefficient (Wildman–Crippen LogP) is 4.42. The quantitative estimate of drug-likeness (QED) is 0.224. The summed E-state index contributed by atoms with van der Waals surface area (Å²) in [5.74, 6) is -2.56. The molecular weight excluding hydrogens is 540 g/mol. The Morgan fingerprint density at radius 1 is 0.950 bits per heavy atom. The molecule has 0 atom stereocenters. The van der Waals surface area contributed by atoms with Crippen LogP contribution < -0.4 is 9.47 Å². The van der Waals surface area contributed by atoms with E-state index in [4.69, 9.17) is 19.2 Å². The highest BCUT2D eigenvalue weighted by Gasteiger charge is 2.40. The summed E-state index contributed by atoms with van der Waals surface area (Å²) in [5, 5.41) is 21.5. The van der Waals surface area contributed by atoms with Gasteiger partial charge in [0.05, 0.1) is 42.2 Å². The number of aromatic nitrogens is 2. The van der Waals surface area contributed by atoms with Crippen LogP contribution in [-0.2, 0) is 10.6 Å². The zero-order valence-corrected chi connectivity index (χ0v) is 22.9. The number of hydrogen-bond donors (Lipinski definition) is 2. The molecule has 0 unspecified atom stereocenters. The van der Waals surface area contributed by atoms with Gasteiger partial charge in [-0.3, -0.25) is 4.98 Å². The van der Waals surface area contributed by atoms with Gasteiger partial charge in [-0.25, -0.2) is 18.7 Å². The van der Waals surface area contributed by atoms with E-state index >= 15 is 8.78 Å². The normalized spacial score (nSPS) is 14.4. The highest BCUT2D eigenvalue weighted by atomic mass is 32.2. The van der Waals surface area contributed by atoms with Crippen LogP contribution in [-0.4, -0.2) is 77.1 Å². The Morgan fingerprint density at radius 3 is 2.40 bits per heavy atom. The second kappa shape index (κ2) is 12.0. The summed E-state index contributed by atoms with van der Waals surface area (Å²) < 4.78 is 46.9. The van der Waals surface area contributed by atoms with Gasteiger partial charge in [-0.05, 0) is 42.0 Å². The van der Waals surface area contributed by atoms with E-state index in [-0.39, 0.29) is 5.56 Å². The smallest absolute Gasteiger partial charge is 0.259 e. The molecule has 8 nitrogen and oxygen atoms in total. The second-order valence-corrected chi connectivity index (χ2v) is 10.4. The van der Waals surface area contributed by atoms with Crippen LogP contribution in [0.5, 0.6) is 11.5 Å². The first-order chi connectivity index (χ1) is 19.3. The highest BCUT2D eigenvalue weighted by molar-refractivity contribution is 7.99. The van der Waals surface area contributed by atoms with Gasteiger partial charge in [0.1, 0.15) is 18.2 Å². The summed E-state index contributed by atoms with van der Waals surface area (Å²) >= 11 is 1.64. The van der Waals surface area contributed by atoms with Crippen LogP contribution in [0.25, 0.3) is 33.4 Å². The molecule has 0 bridgehead atoms. The van der Waals surface area contributed by atoms with Gasteiger partial charge < -0.3 is 24.4 Å². The molecule has 40 heavy (non-hydrogen) atoms. The topological polar surface area (TPSA) is 97.2 Å². The van der Waals surface area contributed by atoms with Crippen molar-refractivity contribution in [1.82, 2.24) is 14.9 Å². The SMILES string of the molecule is COCCOc1ccc(-c2cnc3cccc(-c4cc(F)c(C(O)(O)N5CCSCC5)c(F)c4)c3n2)cc1OC. The minimum Gasteiger partial charge on any atom is -0.493 e. The number of fused-ring (bicyclic) bond motifs is 1. The maximum absolute atomic E-state index is 15.4. The standard InChI is InChI=1S/C29H29F2N3O5S/c1-37-10-11-39-25-7-6-18(16-26(25)38-2)24-17-32-23-5-3-4-20(28(23)33-24)19-14-21(30)27(22(31)15-19)29(35,36)34-8-12-40-13-9-34/h3-7,14-17,35-36H,8-13H2,1-2H3. The van der Waals surface area contributed by atoms with Crippen LogP contribution in [0, 0.1) is 11.6 Å². The number of para-hydroxylation sites is 1. The molecule has 5 rings (SSSR count). The third-order valence-corrected chi connectivity index (χ3v) is 7.66. The fourth-order valence-corrected chi connectivity index (χ4v) is 5.57. The number of rotatable bonds is 9. The summed E-state index contributed by atoms with van der Waals surface area (Å²) in [5.41, 5.74) is 2.03. The number of aliphatic hydroxyl groups is 2. The van der Waals surface area contributed by atoms with Crippen LogP contribution in [0.3, 0.4) is 0 Å². The molecule has 0 spiro atoms. The van der Waals surface area contributed by atoms with Crippen molar-refractivity contribution >= 4 is 22.8 Å². The van der Waals surface area contributed by atoms with E-state index in [1.54, 1.807) is 55.4 Å². The minimum absolute atomic E-state index is 0.195. The van der Waals surface area contributed by atoms with E-state index in [0.29, 0.717) is 77.2 Å². The Balaban J connectivity index is 1.53. The Morgan fingerprint density at radius 2 is 1.70 bits per heavy atom. The first-order valence-electron chi connectivity index (χ1n) is 12.7. The van der Waals surface area contributed by atoms with Gasteiger partial charge in [0, 0.05) is 42.8 Å². The van der Waals surface area contributed by atoms with Crippen LogP contribution in [0.1, 0.15) is 5.56 Å². The molecule has 0 saturated carbocycles. The fraction of sp³-hybridized carbons (Fsp3) is 0.310. The highest BCUT2D eigenvalue weighted by Crippen LogP contribution is 2.36. The first-order valence-corrected chi connectivity index (χ1v) is 13.8. The summed E-state index contributed by atoms with van der Waals surface area (Å²) in [4.78, 5) is 10.6. The van der Waals surface area contributed by atoms with Crippen molar-refractivity contribution in [1.29, 1.82) is 0 Å². The molecule has 1 fully saturated rings. The molecule has 2 heterocycles. The van der Waals surface area contributed by atoms with Gasteiger partial charge in [0.15, 0.2) is 11.5 Å². The molecule has 11 heteroatoms. The number of ether oxygens (including phenoxy) is 3. The van der Waals surface area contributed by atoms with Crippen LogP contribution >= 0.6 is 11.8 Å². The summed E-state index contributed by atoms with van der Waals surface area (Å²) in [6, 6.07) is 12.7. The van der Waals surface area contributed by atoms with Gasteiger partial charge in [0.25, 0.3) is 5.91 Å². The lowest BCUT2D eigenvalue weighted by atomic mass is 9.99. The first kappa shape index (κ1) is 28.2. The molecule has 0 amide bonds. The van der Waals surface area contributed by atoms with Gasteiger partial charge in [-0.2, -0.15) is 11.8 Å². The second-order valence-electron chi connectivity index (χ2n) is 9.19. The Labute approximate surface area is 234 Å². The van der Waals surface area contributed by atoms with Crippen molar-refractivity contribution in [3.8, 4) is 33.9 Å². The van der Waals surface area contributed by atoms with Crippen molar-refractivity contribution < 1.29 is 33.2 Å². The maximum Gasteiger partial charge on any atom is 0.259 e. The number of hydrogen-bond acceptors (Lipinski definition) is 9. The van der Waals surface area contributed by atoms with E-state index in [1.807, 2.05) is 6.07 Å². The molecular formula is C29H29F2N3O5S. The molecule has 1 saturated heterocycles. The molecule has 1 aromatic heterocycles. The molecule has 1 aliphatic heterocycles. The van der Waals surface area contributed by atoms with E-state index in [1.165, 1.54) is 12.0 Å². The fourth-order valence-electron chi connectivity index (χ4n) is 4.67. The summed E-state index contributed by atoms with van der Waals surface area (Å²) in [7, 11) is 3.13. The number of halogens is 2. The van der Waals surface area contributed by atoms with E-state index in [9.17, 15) is 10.2 Å². The summed E-state index contributed by atoms with van der Waals surface area (Å²) in [6.45, 7) is 1.39. The lowest BCUT2D eigenvalue weighted by Crippen LogP contribution is -2.50. The maximum atomic E-state index is 15.4. The molecule has 2 N–H and O–H groups in total. The average Bonchev–Trinajstić information content (AvgIpc) is 2.96. The Bertz CT molecular complexity index is 1490. The molecule has 210 valence electrons. The van der Waals surface area contributed by atoms with Crippen LogP contribution in [0.2, 0.25) is 0 Å². The van der Waals surface area contributed by atoms with Gasteiger partial charge >= 0.3 is 0 Å². The summed E-state index contributed by atoms with van der Waals surface area (Å²) in [6.07, 6.45) is 1.61. The minimum atomic E-state index is -2.77. The Hall–Kier alpha value is -3.35. The molecule has 0 aliphatic carbocycles. The zero-order valence-electron chi connectivity index (χ0n) is 22.1. The van der Waals surface area contributed by atoms with Crippen molar-refractivity contribution in [3.05, 3.63) is 71.9 Å². The molecule has 4 aromatic rings. The average molecular weight is 570 g/mol. The van der Waals surface area contributed by atoms with Gasteiger partial charge in [0.2, 0.25) is 0 Å². The third kappa shape index (κ3) is 5.61. The van der Waals surface area contributed by atoms with E-state index in [0.717, 1.165) is 12.1 Å². The van der Waals surface area contributed by atoms with Crippen molar-refractivity contribution in [2.24, 2.45) is 0 Å². The molecule has 1 aliphatic rings. The predicted molar refractivity (Wildman–Crippen MR) is 149 cm³/mol. The van der Waals surface area contributed by atoms with E-state index in [2.05, 4.69) is 4.98 Å². The third-order valence-electron chi connectivity index (χ3n) is 6.72. The van der Waals surface area contributed by atoms with Crippen molar-refractivity contribution in [2.75, 3.05) is 52.0 Å².